The minimum absolute atomic E-state index is 0.0410. The zero-order chi connectivity index (χ0) is 13.6. The Morgan fingerprint density at radius 1 is 1.26 bits per heavy atom. The molecule has 2 saturated carbocycles. The van der Waals surface area contributed by atoms with Gasteiger partial charge in [-0.25, -0.2) is 17.5 Å². The molecule has 19 heavy (non-hydrogen) atoms. The standard InChI is InChI=1S/C13H17FN2O2S/c14-11-7-10(15)3-4-13(11)19(17,18)16-12-6-8-1-2-9(12)5-8/h3-4,7-9,12,16H,1-2,5-6,15H2. The Morgan fingerprint density at radius 3 is 2.63 bits per heavy atom. The van der Waals surface area contributed by atoms with E-state index in [4.69, 9.17) is 5.73 Å². The summed E-state index contributed by atoms with van der Waals surface area (Å²) in [4.78, 5) is -0.315. The second-order valence-electron chi connectivity index (χ2n) is 5.59. The number of sulfonamides is 1. The summed E-state index contributed by atoms with van der Waals surface area (Å²) in [7, 11) is -3.79. The van der Waals surface area contributed by atoms with Gasteiger partial charge in [0.1, 0.15) is 10.7 Å². The van der Waals surface area contributed by atoms with E-state index in [1.165, 1.54) is 18.6 Å². The number of benzene rings is 1. The van der Waals surface area contributed by atoms with Crippen LogP contribution in [0.5, 0.6) is 0 Å². The highest BCUT2D eigenvalue weighted by molar-refractivity contribution is 7.89. The number of nitrogens with two attached hydrogens (primary N) is 1. The quantitative estimate of drug-likeness (QED) is 0.832. The summed E-state index contributed by atoms with van der Waals surface area (Å²) in [5, 5.41) is 0. The van der Waals surface area contributed by atoms with Gasteiger partial charge in [-0.05, 0) is 49.3 Å². The van der Waals surface area contributed by atoms with Crippen LogP contribution >= 0.6 is 0 Å². The monoisotopic (exact) mass is 284 g/mol. The second kappa shape index (κ2) is 4.45. The Kier molecular flexibility index (Phi) is 3.02. The molecule has 2 fully saturated rings. The zero-order valence-corrected chi connectivity index (χ0v) is 11.3. The van der Waals surface area contributed by atoms with Gasteiger partial charge < -0.3 is 5.73 Å². The highest BCUT2D eigenvalue weighted by Gasteiger charge is 2.41. The summed E-state index contributed by atoms with van der Waals surface area (Å²) in [6.07, 6.45) is 4.24. The average Bonchev–Trinajstić information content (AvgIpc) is 2.89. The van der Waals surface area contributed by atoms with E-state index >= 15 is 0 Å². The molecule has 2 bridgehead atoms. The van der Waals surface area contributed by atoms with E-state index in [-0.39, 0.29) is 16.6 Å². The number of hydrogen-bond donors (Lipinski definition) is 2. The van der Waals surface area contributed by atoms with Crippen molar-refractivity contribution in [2.24, 2.45) is 11.8 Å². The molecule has 0 aliphatic heterocycles. The fourth-order valence-corrected chi connectivity index (χ4v) is 4.76. The van der Waals surface area contributed by atoms with Crippen LogP contribution in [0.1, 0.15) is 25.7 Å². The van der Waals surface area contributed by atoms with Crippen LogP contribution in [0.3, 0.4) is 0 Å². The summed E-state index contributed by atoms with van der Waals surface area (Å²) in [5.74, 6) is 0.251. The van der Waals surface area contributed by atoms with Gasteiger partial charge in [-0.1, -0.05) is 6.42 Å². The topological polar surface area (TPSA) is 72.2 Å². The van der Waals surface area contributed by atoms with E-state index < -0.39 is 15.8 Å². The molecular weight excluding hydrogens is 267 g/mol. The largest absolute Gasteiger partial charge is 0.399 e. The maximum absolute atomic E-state index is 13.7. The van der Waals surface area contributed by atoms with Crippen molar-refractivity contribution in [1.82, 2.24) is 4.72 Å². The van der Waals surface area contributed by atoms with Crippen LogP contribution in [-0.4, -0.2) is 14.5 Å². The van der Waals surface area contributed by atoms with Gasteiger partial charge in [-0.2, -0.15) is 0 Å². The van der Waals surface area contributed by atoms with E-state index in [9.17, 15) is 12.8 Å². The normalized spacial score (nSPS) is 29.8. The predicted octanol–water partition coefficient (Wildman–Crippen LogP) is 1.87. The average molecular weight is 284 g/mol. The van der Waals surface area contributed by atoms with Crippen molar-refractivity contribution in [2.45, 2.75) is 36.6 Å². The molecule has 3 rings (SSSR count). The van der Waals surface area contributed by atoms with Gasteiger partial charge in [0, 0.05) is 11.7 Å². The molecule has 3 N–H and O–H groups in total. The molecule has 0 radical (unpaired) electrons. The minimum atomic E-state index is -3.79. The Balaban J connectivity index is 1.83. The Bertz CT molecular complexity index is 603. The van der Waals surface area contributed by atoms with E-state index in [1.807, 2.05) is 0 Å². The van der Waals surface area contributed by atoms with Gasteiger partial charge in [0.15, 0.2) is 0 Å². The third kappa shape index (κ3) is 2.34. The fourth-order valence-electron chi connectivity index (χ4n) is 3.39. The Hall–Kier alpha value is -1.14. The lowest BCUT2D eigenvalue weighted by molar-refractivity contribution is 0.389. The van der Waals surface area contributed by atoms with Crippen LogP contribution < -0.4 is 10.5 Å². The molecule has 0 heterocycles. The van der Waals surface area contributed by atoms with Crippen LogP contribution in [0.25, 0.3) is 0 Å². The Labute approximate surface area is 112 Å². The first-order chi connectivity index (χ1) is 8.95. The van der Waals surface area contributed by atoms with E-state index in [1.54, 1.807) is 0 Å². The molecule has 1 aromatic rings. The number of rotatable bonds is 3. The molecule has 104 valence electrons. The molecule has 4 nitrogen and oxygen atoms in total. The molecular formula is C13H17FN2O2S. The van der Waals surface area contributed by atoms with Gasteiger partial charge in [0.05, 0.1) is 0 Å². The first-order valence-corrected chi connectivity index (χ1v) is 8.01. The van der Waals surface area contributed by atoms with Gasteiger partial charge in [-0.3, -0.25) is 0 Å². The molecule has 1 aromatic carbocycles. The van der Waals surface area contributed by atoms with Gasteiger partial charge in [0.25, 0.3) is 0 Å². The molecule has 6 heteroatoms. The number of anilines is 1. The van der Waals surface area contributed by atoms with Crippen molar-refractivity contribution in [1.29, 1.82) is 0 Å². The number of fused-ring (bicyclic) bond motifs is 2. The van der Waals surface area contributed by atoms with Crippen LogP contribution in [0.2, 0.25) is 0 Å². The predicted molar refractivity (Wildman–Crippen MR) is 70.4 cm³/mol. The van der Waals surface area contributed by atoms with Crippen LogP contribution in [0, 0.1) is 17.7 Å². The lowest BCUT2D eigenvalue weighted by atomic mass is 9.96. The summed E-state index contributed by atoms with van der Waals surface area (Å²) < 4.78 is 40.8. The molecule has 0 aromatic heterocycles. The zero-order valence-electron chi connectivity index (χ0n) is 10.5. The molecule has 2 aliphatic carbocycles. The van der Waals surface area contributed by atoms with Crippen molar-refractivity contribution >= 4 is 15.7 Å². The van der Waals surface area contributed by atoms with Crippen LogP contribution in [0.15, 0.2) is 23.1 Å². The fraction of sp³-hybridized carbons (Fsp3) is 0.538. The maximum atomic E-state index is 13.7. The van der Waals surface area contributed by atoms with Gasteiger partial charge in [-0.15, -0.1) is 0 Å². The highest BCUT2D eigenvalue weighted by atomic mass is 32.2. The summed E-state index contributed by atoms with van der Waals surface area (Å²) in [6.45, 7) is 0. The smallest absolute Gasteiger partial charge is 0.243 e. The number of hydrogen-bond acceptors (Lipinski definition) is 3. The van der Waals surface area contributed by atoms with E-state index in [0.717, 1.165) is 25.3 Å². The maximum Gasteiger partial charge on any atom is 0.243 e. The third-order valence-corrected chi connectivity index (χ3v) is 5.81. The number of halogens is 1. The van der Waals surface area contributed by atoms with Crippen LogP contribution in [0.4, 0.5) is 10.1 Å². The van der Waals surface area contributed by atoms with Crippen molar-refractivity contribution in [2.75, 3.05) is 5.73 Å². The third-order valence-electron chi connectivity index (χ3n) is 4.29. The first-order valence-electron chi connectivity index (χ1n) is 6.53. The lowest BCUT2D eigenvalue weighted by Crippen LogP contribution is -2.38. The van der Waals surface area contributed by atoms with Gasteiger partial charge >= 0.3 is 0 Å². The number of nitrogen functional groups attached to an aromatic ring is 1. The second-order valence-corrected chi connectivity index (χ2v) is 7.27. The van der Waals surface area contributed by atoms with Crippen molar-refractivity contribution < 1.29 is 12.8 Å². The van der Waals surface area contributed by atoms with Crippen molar-refractivity contribution in [3.05, 3.63) is 24.0 Å². The molecule has 2 aliphatic rings. The van der Waals surface area contributed by atoms with Gasteiger partial charge in [0.2, 0.25) is 10.0 Å². The minimum Gasteiger partial charge on any atom is -0.399 e. The van der Waals surface area contributed by atoms with E-state index in [2.05, 4.69) is 4.72 Å². The first kappa shape index (κ1) is 12.9. The molecule has 0 saturated heterocycles. The van der Waals surface area contributed by atoms with Crippen LogP contribution in [-0.2, 0) is 10.0 Å². The molecule has 3 atom stereocenters. The summed E-state index contributed by atoms with van der Waals surface area (Å²) >= 11 is 0. The lowest BCUT2D eigenvalue weighted by Gasteiger charge is -2.22. The molecule has 0 amide bonds. The molecule has 3 unspecified atom stereocenters. The SMILES string of the molecule is Nc1ccc(S(=O)(=O)NC2CC3CCC2C3)c(F)c1. The summed E-state index contributed by atoms with van der Waals surface area (Å²) in [5.41, 5.74) is 5.65. The number of nitrogens with one attached hydrogen (secondary N) is 1. The van der Waals surface area contributed by atoms with E-state index in [0.29, 0.717) is 11.8 Å². The molecule has 0 spiro atoms. The highest BCUT2D eigenvalue weighted by Crippen LogP contribution is 2.44. The van der Waals surface area contributed by atoms with Crippen molar-refractivity contribution in [3.63, 3.8) is 0 Å². The summed E-state index contributed by atoms with van der Waals surface area (Å²) in [6, 6.07) is 3.62. The Morgan fingerprint density at radius 2 is 2.05 bits per heavy atom. The van der Waals surface area contributed by atoms with Crippen molar-refractivity contribution in [3.8, 4) is 0 Å².